The summed E-state index contributed by atoms with van der Waals surface area (Å²) in [4.78, 5) is 3.42. The van der Waals surface area contributed by atoms with Crippen molar-refractivity contribution in [3.05, 3.63) is 35.9 Å². The van der Waals surface area contributed by atoms with Crippen LogP contribution < -0.4 is 9.80 Å². The first-order valence-corrected chi connectivity index (χ1v) is 11.4. The van der Waals surface area contributed by atoms with Crippen molar-refractivity contribution < 1.29 is 14.5 Å². The van der Waals surface area contributed by atoms with Crippen LogP contribution >= 0.6 is 12.6 Å². The molecule has 3 atom stereocenters. The van der Waals surface area contributed by atoms with Crippen LogP contribution in [-0.4, -0.2) is 50.7 Å². The standard InChI is InChI=1S/C23H38N2OS/c1-19-13-21(15-23(2,3)14-19)26-18-22(27)17-25-11-9-24(10-12-25)16-20-7-5-4-6-8-20/h4-8,19,21-22,27H,9-18H2,1-3H3/p+2/t19-,21-,22-/m1/s1. The van der Waals surface area contributed by atoms with Crippen LogP contribution in [0, 0.1) is 11.3 Å². The summed E-state index contributed by atoms with van der Waals surface area (Å²) in [6, 6.07) is 10.9. The Morgan fingerprint density at radius 1 is 1.07 bits per heavy atom. The highest BCUT2D eigenvalue weighted by Crippen LogP contribution is 2.39. The normalized spacial score (nSPS) is 32.1. The maximum atomic E-state index is 6.30. The molecule has 1 saturated carbocycles. The number of quaternary nitrogens is 2. The van der Waals surface area contributed by atoms with E-state index < -0.39 is 0 Å². The molecule has 0 radical (unpaired) electrons. The van der Waals surface area contributed by atoms with Crippen molar-refractivity contribution in [2.75, 3.05) is 39.3 Å². The fourth-order valence-electron chi connectivity index (χ4n) is 5.25. The molecule has 27 heavy (non-hydrogen) atoms. The quantitative estimate of drug-likeness (QED) is 0.600. The monoisotopic (exact) mass is 392 g/mol. The number of rotatable bonds is 7. The van der Waals surface area contributed by atoms with Crippen LogP contribution in [-0.2, 0) is 11.3 Å². The van der Waals surface area contributed by atoms with E-state index >= 15 is 0 Å². The van der Waals surface area contributed by atoms with E-state index in [1.165, 1.54) is 51.0 Å². The van der Waals surface area contributed by atoms with E-state index in [0.29, 0.717) is 16.8 Å². The van der Waals surface area contributed by atoms with Crippen LogP contribution in [0.25, 0.3) is 0 Å². The van der Waals surface area contributed by atoms with Crippen molar-refractivity contribution in [2.45, 2.75) is 57.9 Å². The van der Waals surface area contributed by atoms with E-state index in [9.17, 15) is 0 Å². The van der Waals surface area contributed by atoms with Crippen molar-refractivity contribution >= 4 is 12.6 Å². The van der Waals surface area contributed by atoms with E-state index in [1.807, 2.05) is 0 Å². The second-order valence-electron chi connectivity index (χ2n) is 9.89. The first-order valence-electron chi connectivity index (χ1n) is 10.9. The van der Waals surface area contributed by atoms with Gasteiger partial charge in [-0.2, -0.15) is 12.6 Å². The number of nitrogens with one attached hydrogen (secondary N) is 2. The topological polar surface area (TPSA) is 18.1 Å². The minimum atomic E-state index is 0.357. The van der Waals surface area contributed by atoms with Gasteiger partial charge in [0.15, 0.2) is 0 Å². The molecule has 1 aromatic carbocycles. The van der Waals surface area contributed by atoms with Crippen LogP contribution in [0.15, 0.2) is 30.3 Å². The Morgan fingerprint density at radius 2 is 1.74 bits per heavy atom. The Balaban J connectivity index is 1.34. The average Bonchev–Trinajstić information content (AvgIpc) is 2.61. The lowest BCUT2D eigenvalue weighted by molar-refractivity contribution is -1.02. The number of thiol groups is 1. The Morgan fingerprint density at radius 3 is 2.41 bits per heavy atom. The average molecular weight is 393 g/mol. The number of hydrogen-bond donors (Lipinski definition) is 3. The summed E-state index contributed by atoms with van der Waals surface area (Å²) in [5.41, 5.74) is 1.89. The summed E-state index contributed by atoms with van der Waals surface area (Å²) < 4.78 is 6.30. The fraction of sp³-hybridized carbons (Fsp3) is 0.739. The van der Waals surface area contributed by atoms with Gasteiger partial charge in [-0.05, 0) is 30.6 Å². The summed E-state index contributed by atoms with van der Waals surface area (Å²) in [6.45, 7) is 15.3. The van der Waals surface area contributed by atoms with Gasteiger partial charge in [0, 0.05) is 5.56 Å². The Hall–Kier alpha value is -0.550. The van der Waals surface area contributed by atoms with Gasteiger partial charge in [-0.15, -0.1) is 0 Å². The molecule has 2 N–H and O–H groups in total. The predicted octanol–water partition coefficient (Wildman–Crippen LogP) is 1.50. The van der Waals surface area contributed by atoms with Crippen LogP contribution in [0.5, 0.6) is 0 Å². The van der Waals surface area contributed by atoms with Gasteiger partial charge in [-0.3, -0.25) is 0 Å². The number of benzene rings is 1. The molecular formula is C23H40N2OS+2. The largest absolute Gasteiger partial charge is 0.377 e. The minimum absolute atomic E-state index is 0.357. The van der Waals surface area contributed by atoms with E-state index in [1.54, 1.807) is 9.80 Å². The van der Waals surface area contributed by atoms with Crippen molar-refractivity contribution in [1.29, 1.82) is 0 Å². The van der Waals surface area contributed by atoms with Gasteiger partial charge >= 0.3 is 0 Å². The van der Waals surface area contributed by atoms with Crippen LogP contribution in [0.1, 0.15) is 45.6 Å². The highest BCUT2D eigenvalue weighted by molar-refractivity contribution is 7.81. The van der Waals surface area contributed by atoms with Gasteiger partial charge < -0.3 is 14.5 Å². The molecule has 0 spiro atoms. The fourth-order valence-corrected chi connectivity index (χ4v) is 5.59. The van der Waals surface area contributed by atoms with Gasteiger partial charge in [-0.1, -0.05) is 51.1 Å². The minimum Gasteiger partial charge on any atom is -0.377 e. The van der Waals surface area contributed by atoms with Crippen LogP contribution in [0.4, 0.5) is 0 Å². The van der Waals surface area contributed by atoms with Crippen molar-refractivity contribution in [1.82, 2.24) is 0 Å². The van der Waals surface area contributed by atoms with Gasteiger partial charge in [0.2, 0.25) is 0 Å². The molecule has 0 amide bonds. The Labute approximate surface area is 171 Å². The van der Waals surface area contributed by atoms with Crippen molar-refractivity contribution in [3.8, 4) is 0 Å². The van der Waals surface area contributed by atoms with E-state index in [0.717, 1.165) is 25.6 Å². The first-order chi connectivity index (χ1) is 12.9. The molecule has 3 nitrogen and oxygen atoms in total. The third kappa shape index (κ3) is 7.08. The molecular weight excluding hydrogens is 352 g/mol. The number of piperazine rings is 1. The van der Waals surface area contributed by atoms with Crippen LogP contribution in [0.3, 0.4) is 0 Å². The number of ether oxygens (including phenoxy) is 1. The molecule has 0 aromatic heterocycles. The maximum absolute atomic E-state index is 6.30. The third-order valence-corrected chi connectivity index (χ3v) is 6.69. The molecule has 1 aliphatic carbocycles. The predicted molar refractivity (Wildman–Crippen MR) is 116 cm³/mol. The summed E-state index contributed by atoms with van der Waals surface area (Å²) in [7, 11) is 0. The second kappa shape index (κ2) is 9.78. The van der Waals surface area contributed by atoms with Gasteiger partial charge in [-0.25, -0.2) is 0 Å². The number of hydrogen-bond acceptors (Lipinski definition) is 2. The zero-order chi connectivity index (χ0) is 19.3. The summed E-state index contributed by atoms with van der Waals surface area (Å²) >= 11 is 4.86. The van der Waals surface area contributed by atoms with Crippen molar-refractivity contribution in [3.63, 3.8) is 0 Å². The molecule has 1 heterocycles. The van der Waals surface area contributed by atoms with Crippen molar-refractivity contribution in [2.24, 2.45) is 11.3 Å². The van der Waals surface area contributed by atoms with E-state index in [-0.39, 0.29) is 0 Å². The highest BCUT2D eigenvalue weighted by Gasteiger charge is 2.33. The molecule has 1 saturated heterocycles. The SMILES string of the molecule is C[C@@H]1C[C@@H](OC[C@H](S)C[NH+]2CC[NH+](Cc3ccccc3)CC2)CC(C)(C)C1. The molecule has 4 heteroatoms. The molecule has 1 aliphatic heterocycles. The molecule has 1 aromatic rings. The van der Waals surface area contributed by atoms with Gasteiger partial charge in [0.1, 0.15) is 32.7 Å². The summed E-state index contributed by atoms with van der Waals surface area (Å²) in [5.74, 6) is 0.781. The molecule has 3 rings (SSSR count). The molecule has 152 valence electrons. The lowest BCUT2D eigenvalue weighted by atomic mass is 9.71. The Kier molecular flexibility index (Phi) is 7.66. The lowest BCUT2D eigenvalue weighted by Gasteiger charge is -2.39. The zero-order valence-electron chi connectivity index (χ0n) is 17.5. The molecule has 2 fully saturated rings. The molecule has 2 aliphatic rings. The van der Waals surface area contributed by atoms with E-state index in [2.05, 4.69) is 51.1 Å². The first kappa shape index (κ1) is 21.2. The lowest BCUT2D eigenvalue weighted by Crippen LogP contribution is -3.28. The molecule has 0 unspecified atom stereocenters. The van der Waals surface area contributed by atoms with E-state index in [4.69, 9.17) is 17.4 Å². The summed E-state index contributed by atoms with van der Waals surface area (Å²) in [6.07, 6.45) is 4.18. The third-order valence-electron chi connectivity index (χ3n) is 6.36. The zero-order valence-corrected chi connectivity index (χ0v) is 18.4. The highest BCUT2D eigenvalue weighted by atomic mass is 32.1. The Bertz CT molecular complexity index is 557. The smallest absolute Gasteiger partial charge is 0.127 e. The summed E-state index contributed by atoms with van der Waals surface area (Å²) in [5, 5.41) is 0.357. The maximum Gasteiger partial charge on any atom is 0.127 e. The van der Waals surface area contributed by atoms with Gasteiger partial charge in [0.25, 0.3) is 0 Å². The molecule has 0 bridgehead atoms. The second-order valence-corrected chi connectivity index (χ2v) is 10.6. The van der Waals surface area contributed by atoms with Crippen LogP contribution in [0.2, 0.25) is 0 Å². The van der Waals surface area contributed by atoms with Gasteiger partial charge in [0.05, 0.1) is 24.5 Å².